The van der Waals surface area contributed by atoms with E-state index in [1.54, 1.807) is 0 Å². The third-order valence-electron chi connectivity index (χ3n) is 1.13. The number of hydrogen-bond donors (Lipinski definition) is 1. The van der Waals surface area contributed by atoms with Gasteiger partial charge in [0, 0.05) is 13.5 Å². The van der Waals surface area contributed by atoms with E-state index in [1.807, 2.05) is 0 Å². The summed E-state index contributed by atoms with van der Waals surface area (Å²) >= 11 is 0. The van der Waals surface area contributed by atoms with E-state index in [9.17, 15) is 4.79 Å². The lowest BCUT2D eigenvalue weighted by Crippen LogP contribution is -2.13. The van der Waals surface area contributed by atoms with Gasteiger partial charge in [-0.15, -0.1) is 5.10 Å². The molecule has 0 aromatic carbocycles. The van der Waals surface area contributed by atoms with Crippen LogP contribution in [0.15, 0.2) is 6.20 Å². The van der Waals surface area contributed by atoms with Gasteiger partial charge in [0.05, 0.1) is 11.9 Å². The largest absolute Gasteiger partial charge is 0.325 e. The summed E-state index contributed by atoms with van der Waals surface area (Å²) in [6.07, 6.45) is 1.47. The summed E-state index contributed by atoms with van der Waals surface area (Å²) in [4.78, 5) is 10.7. The van der Waals surface area contributed by atoms with E-state index in [1.165, 1.54) is 17.8 Å². The summed E-state index contributed by atoms with van der Waals surface area (Å²) < 4.78 is 1.18. The number of aromatic nitrogens is 3. The topological polar surface area (TPSA) is 73.8 Å². The molecule has 5 heteroatoms. The van der Waals surface area contributed by atoms with Gasteiger partial charge in [-0.05, 0) is 0 Å². The first kappa shape index (κ1) is 6.88. The Morgan fingerprint density at radius 1 is 1.90 bits per heavy atom. The minimum Gasteiger partial charge on any atom is -0.325 e. The highest BCUT2D eigenvalue weighted by molar-refractivity contribution is 5.75. The summed E-state index contributed by atoms with van der Waals surface area (Å²) in [7, 11) is 0. The van der Waals surface area contributed by atoms with Crippen LogP contribution in [0.25, 0.3) is 0 Å². The van der Waals surface area contributed by atoms with Crippen LogP contribution in [0.4, 0.5) is 0 Å². The Morgan fingerprint density at radius 3 is 3.00 bits per heavy atom. The van der Waals surface area contributed by atoms with Crippen LogP contribution in [0.5, 0.6) is 0 Å². The maximum atomic E-state index is 10.7. The predicted molar refractivity (Wildman–Crippen MR) is 34.2 cm³/mol. The van der Waals surface area contributed by atoms with Gasteiger partial charge in [0.1, 0.15) is 0 Å². The predicted octanol–water partition coefficient (Wildman–Crippen LogP) is -0.603. The van der Waals surface area contributed by atoms with Crippen LogP contribution in [0.3, 0.4) is 0 Å². The molecule has 0 aliphatic carbocycles. The van der Waals surface area contributed by atoms with Crippen LogP contribution in [-0.2, 0) is 6.54 Å². The molecule has 0 atom stereocenters. The summed E-state index contributed by atoms with van der Waals surface area (Å²) in [5.41, 5.74) is 5.91. The van der Waals surface area contributed by atoms with Crippen molar-refractivity contribution in [2.75, 3.05) is 0 Å². The second kappa shape index (κ2) is 2.57. The summed E-state index contributed by atoms with van der Waals surface area (Å²) in [6, 6.07) is 0. The molecule has 0 unspecified atom stereocenters. The van der Waals surface area contributed by atoms with Gasteiger partial charge >= 0.3 is 0 Å². The molecular formula is C5H8N4O. The van der Waals surface area contributed by atoms with E-state index >= 15 is 0 Å². The molecule has 5 nitrogen and oxygen atoms in total. The van der Waals surface area contributed by atoms with Crippen molar-refractivity contribution in [3.8, 4) is 0 Å². The Bertz CT molecular complexity index is 242. The van der Waals surface area contributed by atoms with Crippen molar-refractivity contribution in [1.82, 2.24) is 15.0 Å². The number of nitrogens with zero attached hydrogens (tertiary/aromatic N) is 3. The van der Waals surface area contributed by atoms with Crippen molar-refractivity contribution in [1.29, 1.82) is 0 Å². The zero-order valence-corrected chi connectivity index (χ0v) is 5.61. The van der Waals surface area contributed by atoms with E-state index in [-0.39, 0.29) is 12.5 Å². The van der Waals surface area contributed by atoms with Crippen LogP contribution in [-0.4, -0.2) is 20.9 Å². The molecular weight excluding hydrogens is 132 g/mol. The van der Waals surface area contributed by atoms with E-state index in [0.29, 0.717) is 5.69 Å². The third-order valence-corrected chi connectivity index (χ3v) is 1.13. The summed E-state index contributed by atoms with van der Waals surface area (Å²) in [5.74, 6) is -0.169. The first-order valence-electron chi connectivity index (χ1n) is 2.86. The number of carbonyl (C=O) groups excluding carboxylic acids is 1. The molecule has 1 aromatic rings. The van der Waals surface area contributed by atoms with Gasteiger partial charge in [-0.25, -0.2) is 0 Å². The molecule has 0 aliphatic rings. The normalized spacial score (nSPS) is 9.80. The maximum absolute atomic E-state index is 10.7. The molecule has 0 spiro atoms. The zero-order valence-electron chi connectivity index (χ0n) is 5.61. The second-order valence-corrected chi connectivity index (χ2v) is 1.86. The Morgan fingerprint density at radius 2 is 2.60 bits per heavy atom. The SMILES string of the molecule is CC(=O)n1nncc1CN. The molecule has 1 rings (SSSR count). The van der Waals surface area contributed by atoms with Crippen molar-refractivity contribution in [2.45, 2.75) is 13.5 Å². The fourth-order valence-electron chi connectivity index (χ4n) is 0.661. The lowest BCUT2D eigenvalue weighted by molar-refractivity contribution is 0.0915. The number of carbonyl (C=O) groups is 1. The van der Waals surface area contributed by atoms with Crippen molar-refractivity contribution >= 4 is 5.91 Å². The Balaban J connectivity index is 3.01. The highest BCUT2D eigenvalue weighted by atomic mass is 16.2. The first-order valence-corrected chi connectivity index (χ1v) is 2.86. The fraction of sp³-hybridized carbons (Fsp3) is 0.400. The average molecular weight is 140 g/mol. The molecule has 0 aliphatic heterocycles. The molecule has 0 fully saturated rings. The molecule has 0 amide bonds. The Kier molecular flexibility index (Phi) is 1.77. The van der Waals surface area contributed by atoms with E-state index in [2.05, 4.69) is 10.3 Å². The average Bonchev–Trinajstić information content (AvgIpc) is 2.33. The molecule has 0 bridgehead atoms. The van der Waals surface area contributed by atoms with Gasteiger partial charge < -0.3 is 5.73 Å². The molecule has 2 N–H and O–H groups in total. The smallest absolute Gasteiger partial charge is 0.245 e. The molecule has 54 valence electrons. The number of nitrogens with two attached hydrogens (primary N) is 1. The van der Waals surface area contributed by atoms with Gasteiger partial charge in [-0.3, -0.25) is 4.79 Å². The van der Waals surface area contributed by atoms with E-state index < -0.39 is 0 Å². The Hall–Kier alpha value is -1.23. The van der Waals surface area contributed by atoms with E-state index in [0.717, 1.165) is 0 Å². The zero-order chi connectivity index (χ0) is 7.56. The highest BCUT2D eigenvalue weighted by Crippen LogP contribution is 1.92. The molecule has 1 heterocycles. The molecule has 10 heavy (non-hydrogen) atoms. The van der Waals surface area contributed by atoms with Crippen LogP contribution >= 0.6 is 0 Å². The fourth-order valence-corrected chi connectivity index (χ4v) is 0.661. The molecule has 0 saturated heterocycles. The van der Waals surface area contributed by atoms with Gasteiger partial charge in [0.25, 0.3) is 0 Å². The summed E-state index contributed by atoms with van der Waals surface area (Å²) in [6.45, 7) is 1.69. The van der Waals surface area contributed by atoms with Crippen LogP contribution in [0.2, 0.25) is 0 Å². The summed E-state index contributed by atoms with van der Waals surface area (Å²) in [5, 5.41) is 7.05. The lowest BCUT2D eigenvalue weighted by atomic mass is 10.5. The second-order valence-electron chi connectivity index (χ2n) is 1.86. The van der Waals surface area contributed by atoms with Gasteiger partial charge in [-0.2, -0.15) is 4.68 Å². The quantitative estimate of drug-likeness (QED) is 0.565. The lowest BCUT2D eigenvalue weighted by Gasteiger charge is -1.95. The monoisotopic (exact) mass is 140 g/mol. The highest BCUT2D eigenvalue weighted by Gasteiger charge is 2.03. The number of hydrogen-bond acceptors (Lipinski definition) is 4. The standard InChI is InChI=1S/C5H8N4O/c1-4(10)9-5(2-6)3-7-8-9/h3H,2,6H2,1H3. The van der Waals surface area contributed by atoms with Crippen molar-refractivity contribution in [3.05, 3.63) is 11.9 Å². The van der Waals surface area contributed by atoms with Gasteiger partial charge in [0.15, 0.2) is 0 Å². The minimum absolute atomic E-state index is 0.169. The van der Waals surface area contributed by atoms with Crippen molar-refractivity contribution in [3.63, 3.8) is 0 Å². The van der Waals surface area contributed by atoms with Crippen LogP contribution in [0, 0.1) is 0 Å². The Labute approximate surface area is 57.8 Å². The maximum Gasteiger partial charge on any atom is 0.245 e. The first-order chi connectivity index (χ1) is 4.75. The molecule has 0 radical (unpaired) electrons. The van der Waals surface area contributed by atoms with Crippen molar-refractivity contribution in [2.24, 2.45) is 5.73 Å². The minimum atomic E-state index is -0.169. The molecule has 0 saturated carbocycles. The van der Waals surface area contributed by atoms with E-state index in [4.69, 9.17) is 5.73 Å². The number of rotatable bonds is 1. The van der Waals surface area contributed by atoms with Gasteiger partial charge in [0.2, 0.25) is 5.91 Å². The van der Waals surface area contributed by atoms with Crippen LogP contribution < -0.4 is 5.73 Å². The van der Waals surface area contributed by atoms with Crippen LogP contribution in [0.1, 0.15) is 17.4 Å². The third kappa shape index (κ3) is 1.03. The van der Waals surface area contributed by atoms with Gasteiger partial charge in [-0.1, -0.05) is 5.21 Å². The van der Waals surface area contributed by atoms with Crippen molar-refractivity contribution < 1.29 is 4.79 Å². The molecule has 1 aromatic heterocycles.